The zero-order valence-electron chi connectivity index (χ0n) is 15.8. The molecule has 1 saturated heterocycles. The van der Waals surface area contributed by atoms with Crippen LogP contribution in [0, 0.1) is 11.6 Å². The fraction of sp³-hybridized carbons (Fsp3) is 0.474. The Morgan fingerprint density at radius 3 is 2.93 bits per heavy atom. The first-order valence-corrected chi connectivity index (χ1v) is 9.20. The summed E-state index contributed by atoms with van der Waals surface area (Å²) in [4.78, 5) is 6.20. The predicted octanol–water partition coefficient (Wildman–Crippen LogP) is 2.07. The van der Waals surface area contributed by atoms with Crippen LogP contribution in [0.1, 0.15) is 18.4 Å². The van der Waals surface area contributed by atoms with Gasteiger partial charge >= 0.3 is 0 Å². The summed E-state index contributed by atoms with van der Waals surface area (Å²) in [5, 5.41) is 10.9. The second kappa shape index (κ2) is 8.83. The summed E-state index contributed by atoms with van der Waals surface area (Å²) in [5.41, 5.74) is 1.66. The van der Waals surface area contributed by atoms with Gasteiger partial charge in [0.2, 0.25) is 0 Å². The number of benzene rings is 1. The summed E-state index contributed by atoms with van der Waals surface area (Å²) in [7, 11) is 3.65. The molecule has 1 unspecified atom stereocenters. The number of nitrogens with zero attached hydrogens (tertiary/aromatic N) is 4. The number of rotatable bonds is 6. The van der Waals surface area contributed by atoms with E-state index in [1.165, 1.54) is 17.7 Å². The number of anilines is 1. The predicted molar refractivity (Wildman–Crippen MR) is 103 cm³/mol. The molecule has 0 aliphatic carbocycles. The summed E-state index contributed by atoms with van der Waals surface area (Å²) in [6, 6.07) is 3.89. The number of guanidine groups is 1. The first-order valence-electron chi connectivity index (χ1n) is 9.20. The summed E-state index contributed by atoms with van der Waals surface area (Å²) in [6.07, 6.45) is 6.71. The number of hydrogen-bond donors (Lipinski definition) is 2. The maximum absolute atomic E-state index is 14.0. The average molecular weight is 376 g/mol. The Morgan fingerprint density at radius 1 is 1.37 bits per heavy atom. The quantitative estimate of drug-likeness (QED) is 0.460. The zero-order valence-corrected chi connectivity index (χ0v) is 15.8. The first kappa shape index (κ1) is 19.1. The van der Waals surface area contributed by atoms with E-state index in [9.17, 15) is 8.78 Å². The largest absolute Gasteiger partial charge is 0.367 e. The lowest BCUT2D eigenvalue weighted by atomic mass is 10.2. The molecule has 2 heterocycles. The van der Waals surface area contributed by atoms with Crippen molar-refractivity contribution in [3.05, 3.63) is 47.8 Å². The maximum atomic E-state index is 14.0. The molecule has 0 spiro atoms. The molecular weight excluding hydrogens is 350 g/mol. The van der Waals surface area contributed by atoms with Crippen LogP contribution in [0.2, 0.25) is 0 Å². The number of nitrogens with one attached hydrogen (secondary N) is 2. The third kappa shape index (κ3) is 5.18. The number of halogens is 2. The van der Waals surface area contributed by atoms with Gasteiger partial charge in [0.15, 0.2) is 5.96 Å². The molecule has 0 amide bonds. The Hall–Kier alpha value is -2.64. The minimum absolute atomic E-state index is 0.166. The first-order chi connectivity index (χ1) is 13.0. The maximum Gasteiger partial charge on any atom is 0.191 e. The van der Waals surface area contributed by atoms with Crippen molar-refractivity contribution in [2.75, 3.05) is 31.6 Å². The van der Waals surface area contributed by atoms with Crippen LogP contribution in [-0.4, -0.2) is 48.5 Å². The Labute approximate surface area is 158 Å². The van der Waals surface area contributed by atoms with Crippen molar-refractivity contribution in [3.8, 4) is 0 Å². The molecule has 0 radical (unpaired) electrons. The highest BCUT2D eigenvalue weighted by Gasteiger charge is 2.25. The molecule has 0 bridgehead atoms. The number of aryl methyl sites for hydroxylation is 2. The van der Waals surface area contributed by atoms with Crippen LogP contribution in [0.3, 0.4) is 0 Å². The number of aliphatic imine (C=N–C) groups is 1. The molecule has 146 valence electrons. The molecule has 6 nitrogen and oxygen atoms in total. The molecular formula is C19H26F2N6. The van der Waals surface area contributed by atoms with Crippen molar-refractivity contribution in [1.82, 2.24) is 20.4 Å². The van der Waals surface area contributed by atoms with Gasteiger partial charge in [-0.15, -0.1) is 0 Å². The van der Waals surface area contributed by atoms with Crippen molar-refractivity contribution in [1.29, 1.82) is 0 Å². The topological polar surface area (TPSA) is 57.5 Å². The van der Waals surface area contributed by atoms with Crippen LogP contribution in [0.4, 0.5) is 14.5 Å². The van der Waals surface area contributed by atoms with Gasteiger partial charge in [-0.1, -0.05) is 0 Å². The van der Waals surface area contributed by atoms with Crippen LogP contribution >= 0.6 is 0 Å². The van der Waals surface area contributed by atoms with E-state index in [2.05, 4.69) is 20.7 Å². The molecule has 1 fully saturated rings. The molecule has 1 aliphatic rings. The Morgan fingerprint density at radius 2 is 2.22 bits per heavy atom. The van der Waals surface area contributed by atoms with E-state index in [-0.39, 0.29) is 6.04 Å². The third-order valence-corrected chi connectivity index (χ3v) is 4.70. The van der Waals surface area contributed by atoms with Gasteiger partial charge < -0.3 is 15.5 Å². The summed E-state index contributed by atoms with van der Waals surface area (Å²) < 4.78 is 28.9. The summed E-state index contributed by atoms with van der Waals surface area (Å²) in [6.45, 7) is 2.18. The van der Waals surface area contributed by atoms with Crippen LogP contribution in [0.15, 0.2) is 35.6 Å². The standard InChI is InChI=1S/C19H26F2N6/c1-22-19(23-8-3-4-14-11-24-26(2)12-14)25-16-7-9-27(13-16)18-6-5-15(20)10-17(18)21/h5-6,10-12,16H,3-4,7-9,13H2,1-2H3,(H2,22,23,25). The normalized spacial score (nSPS) is 17.4. The van der Waals surface area contributed by atoms with Crippen molar-refractivity contribution in [2.24, 2.45) is 12.0 Å². The minimum Gasteiger partial charge on any atom is -0.367 e. The van der Waals surface area contributed by atoms with Crippen LogP contribution in [0.25, 0.3) is 0 Å². The number of hydrogen-bond acceptors (Lipinski definition) is 3. The van der Waals surface area contributed by atoms with Crippen molar-refractivity contribution < 1.29 is 8.78 Å². The summed E-state index contributed by atoms with van der Waals surface area (Å²) >= 11 is 0. The van der Waals surface area contributed by atoms with Gasteiger partial charge in [0.05, 0.1) is 11.9 Å². The van der Waals surface area contributed by atoms with Gasteiger partial charge in [-0.3, -0.25) is 9.67 Å². The molecule has 1 aliphatic heterocycles. The lowest BCUT2D eigenvalue weighted by molar-refractivity contribution is 0.580. The highest BCUT2D eigenvalue weighted by molar-refractivity contribution is 5.80. The van der Waals surface area contributed by atoms with Crippen LogP contribution in [0.5, 0.6) is 0 Å². The monoisotopic (exact) mass is 376 g/mol. The molecule has 0 saturated carbocycles. The van der Waals surface area contributed by atoms with Crippen LogP contribution in [-0.2, 0) is 13.5 Å². The number of aromatic nitrogens is 2. The van der Waals surface area contributed by atoms with Gasteiger partial charge in [0, 0.05) is 52.0 Å². The van der Waals surface area contributed by atoms with E-state index in [0.717, 1.165) is 44.4 Å². The van der Waals surface area contributed by atoms with Gasteiger partial charge in [0.1, 0.15) is 11.6 Å². The van der Waals surface area contributed by atoms with Gasteiger partial charge in [-0.2, -0.15) is 5.10 Å². The van der Waals surface area contributed by atoms with E-state index in [1.54, 1.807) is 11.7 Å². The minimum atomic E-state index is -0.555. The van der Waals surface area contributed by atoms with E-state index < -0.39 is 11.6 Å². The molecule has 3 rings (SSSR count). The summed E-state index contributed by atoms with van der Waals surface area (Å²) in [5.74, 6) is -0.331. The molecule has 1 aromatic heterocycles. The Bertz CT molecular complexity index is 788. The second-order valence-electron chi connectivity index (χ2n) is 6.80. The fourth-order valence-corrected chi connectivity index (χ4v) is 3.32. The van der Waals surface area contributed by atoms with Gasteiger partial charge in [0.25, 0.3) is 0 Å². The average Bonchev–Trinajstić information content (AvgIpc) is 3.26. The molecule has 1 atom stereocenters. The lowest BCUT2D eigenvalue weighted by Crippen LogP contribution is -2.45. The second-order valence-corrected chi connectivity index (χ2v) is 6.80. The molecule has 1 aromatic carbocycles. The third-order valence-electron chi connectivity index (χ3n) is 4.70. The van der Waals surface area contributed by atoms with E-state index in [0.29, 0.717) is 12.2 Å². The van der Waals surface area contributed by atoms with Gasteiger partial charge in [-0.05, 0) is 37.0 Å². The van der Waals surface area contributed by atoms with Crippen LogP contribution < -0.4 is 15.5 Å². The highest BCUT2D eigenvalue weighted by Crippen LogP contribution is 2.24. The Kier molecular flexibility index (Phi) is 6.26. The van der Waals surface area contributed by atoms with E-state index in [1.807, 2.05) is 24.3 Å². The molecule has 27 heavy (non-hydrogen) atoms. The molecule has 2 N–H and O–H groups in total. The highest BCUT2D eigenvalue weighted by atomic mass is 19.1. The van der Waals surface area contributed by atoms with Crippen molar-refractivity contribution in [2.45, 2.75) is 25.3 Å². The van der Waals surface area contributed by atoms with Crippen molar-refractivity contribution in [3.63, 3.8) is 0 Å². The lowest BCUT2D eigenvalue weighted by Gasteiger charge is -2.21. The Balaban J connectivity index is 1.43. The zero-order chi connectivity index (χ0) is 19.2. The van der Waals surface area contributed by atoms with Gasteiger partial charge in [-0.25, -0.2) is 8.78 Å². The molecule has 2 aromatic rings. The van der Waals surface area contributed by atoms with Crippen molar-refractivity contribution >= 4 is 11.6 Å². The smallest absolute Gasteiger partial charge is 0.191 e. The van der Waals surface area contributed by atoms with E-state index >= 15 is 0 Å². The van der Waals surface area contributed by atoms with E-state index in [4.69, 9.17) is 0 Å². The molecule has 8 heteroatoms. The fourth-order valence-electron chi connectivity index (χ4n) is 3.32. The SMILES string of the molecule is CN=C(NCCCc1cnn(C)c1)NC1CCN(c2ccc(F)cc2F)C1.